The Morgan fingerprint density at radius 3 is 2.03 bits per heavy atom. The second-order valence-corrected chi connectivity index (χ2v) is 6.98. The molecule has 0 saturated heterocycles. The first-order valence-corrected chi connectivity index (χ1v) is 10.8. The Morgan fingerprint density at radius 1 is 0.710 bits per heavy atom. The zero-order valence-electron chi connectivity index (χ0n) is 18.9. The average Bonchev–Trinajstić information content (AvgIpc) is 2.83. The fraction of sp³-hybridized carbons (Fsp3) is 0.179. The van der Waals surface area contributed by atoms with Gasteiger partial charge in [0.2, 0.25) is 0 Å². The van der Waals surface area contributed by atoms with Gasteiger partial charge in [-0.2, -0.15) is 0 Å². The zero-order chi connectivity index (χ0) is 22.2. The maximum Gasteiger partial charge on any atom is 0.164 e. The van der Waals surface area contributed by atoms with Crippen LogP contribution < -0.4 is 0 Å². The fourth-order valence-electron chi connectivity index (χ4n) is 3.33. The molecule has 0 aliphatic carbocycles. The summed E-state index contributed by atoms with van der Waals surface area (Å²) in [5.74, 6) is 2.04. The molecule has 1 aromatic heterocycles. The molecule has 0 amide bonds. The summed E-state index contributed by atoms with van der Waals surface area (Å²) in [7, 11) is 0. The van der Waals surface area contributed by atoms with Gasteiger partial charge in [-0.1, -0.05) is 98.3 Å². The van der Waals surface area contributed by atoms with E-state index in [2.05, 4.69) is 43.3 Å². The van der Waals surface area contributed by atoms with Crippen molar-refractivity contribution in [2.45, 2.75) is 34.6 Å². The molecule has 0 radical (unpaired) electrons. The summed E-state index contributed by atoms with van der Waals surface area (Å²) < 4.78 is 0. The van der Waals surface area contributed by atoms with Gasteiger partial charge in [-0.25, -0.2) is 15.0 Å². The van der Waals surface area contributed by atoms with E-state index in [0.29, 0.717) is 17.5 Å². The highest BCUT2D eigenvalue weighted by atomic mass is 15.0. The molecule has 0 aliphatic rings. The number of nitrogens with zero attached hydrogens (tertiary/aromatic N) is 3. The van der Waals surface area contributed by atoms with Crippen LogP contribution in [0, 0.1) is 6.92 Å². The lowest BCUT2D eigenvalue weighted by Crippen LogP contribution is -2.02. The van der Waals surface area contributed by atoms with Crippen molar-refractivity contribution in [2.75, 3.05) is 0 Å². The third-order valence-electron chi connectivity index (χ3n) is 4.84. The SMILES string of the molecule is C/C=C\C(=C/C)c1nc(-c2ccccc2)nc(-c2ccc3cc(C)ccc3c2)n1.CC. The van der Waals surface area contributed by atoms with Crippen molar-refractivity contribution in [1.82, 2.24) is 15.0 Å². The van der Waals surface area contributed by atoms with Crippen LogP contribution in [0.5, 0.6) is 0 Å². The quantitative estimate of drug-likeness (QED) is 0.326. The van der Waals surface area contributed by atoms with Crippen LogP contribution in [0.2, 0.25) is 0 Å². The van der Waals surface area contributed by atoms with Gasteiger partial charge in [0.05, 0.1) is 0 Å². The minimum atomic E-state index is 0.679. The number of hydrogen-bond donors (Lipinski definition) is 0. The zero-order valence-corrected chi connectivity index (χ0v) is 18.9. The molecule has 0 aliphatic heterocycles. The lowest BCUT2D eigenvalue weighted by molar-refractivity contribution is 1.04. The molecule has 4 aromatic rings. The Kier molecular flexibility index (Phi) is 7.45. The molecular formula is C28H29N3. The molecule has 4 rings (SSSR count). The summed E-state index contributed by atoms with van der Waals surface area (Å²) in [6, 6.07) is 22.9. The summed E-state index contributed by atoms with van der Waals surface area (Å²) in [4.78, 5) is 14.4. The maximum atomic E-state index is 4.80. The lowest BCUT2D eigenvalue weighted by Gasteiger charge is -2.09. The molecule has 3 heteroatoms. The van der Waals surface area contributed by atoms with E-state index < -0.39 is 0 Å². The van der Waals surface area contributed by atoms with E-state index in [0.717, 1.165) is 16.7 Å². The van der Waals surface area contributed by atoms with Gasteiger partial charge in [0, 0.05) is 16.7 Å². The summed E-state index contributed by atoms with van der Waals surface area (Å²) >= 11 is 0. The molecule has 1 heterocycles. The topological polar surface area (TPSA) is 38.7 Å². The number of fused-ring (bicyclic) bond motifs is 1. The molecule has 0 unspecified atom stereocenters. The molecule has 3 aromatic carbocycles. The third kappa shape index (κ3) is 5.13. The minimum absolute atomic E-state index is 0.679. The Hall–Kier alpha value is -3.59. The summed E-state index contributed by atoms with van der Waals surface area (Å²) in [5, 5.41) is 2.39. The van der Waals surface area contributed by atoms with Crippen LogP contribution in [0.3, 0.4) is 0 Å². The van der Waals surface area contributed by atoms with Crippen molar-refractivity contribution in [3.63, 3.8) is 0 Å². The van der Waals surface area contributed by atoms with Crippen LogP contribution in [0.4, 0.5) is 0 Å². The van der Waals surface area contributed by atoms with Crippen molar-refractivity contribution in [3.05, 3.63) is 96.3 Å². The van der Waals surface area contributed by atoms with Gasteiger partial charge in [0.25, 0.3) is 0 Å². The molecule has 0 saturated carbocycles. The first kappa shape index (κ1) is 22.1. The van der Waals surface area contributed by atoms with E-state index in [9.17, 15) is 0 Å². The van der Waals surface area contributed by atoms with E-state index in [1.54, 1.807) is 0 Å². The molecule has 31 heavy (non-hydrogen) atoms. The highest BCUT2D eigenvalue weighted by molar-refractivity contribution is 5.87. The maximum absolute atomic E-state index is 4.80. The summed E-state index contributed by atoms with van der Waals surface area (Å²) in [6.45, 7) is 10.1. The molecule has 0 N–H and O–H groups in total. The standard InChI is InChI=1S/C26H23N3.C2H6/c1-4-9-19(5-2)24-27-25(20-10-7-6-8-11-20)29-26(28-24)23-15-14-21-16-18(3)12-13-22(21)17-23;1-2/h4-17H,1-3H3;1-2H3/b9-4-,19-5+;. The first-order valence-electron chi connectivity index (χ1n) is 10.8. The number of aromatic nitrogens is 3. The second kappa shape index (κ2) is 10.4. The molecule has 0 fully saturated rings. The van der Waals surface area contributed by atoms with E-state index in [1.807, 2.05) is 76.3 Å². The average molecular weight is 408 g/mol. The molecule has 0 atom stereocenters. The van der Waals surface area contributed by atoms with E-state index in [1.165, 1.54) is 16.3 Å². The predicted molar refractivity (Wildman–Crippen MR) is 133 cm³/mol. The van der Waals surface area contributed by atoms with Crippen molar-refractivity contribution in [1.29, 1.82) is 0 Å². The molecule has 156 valence electrons. The fourth-order valence-corrected chi connectivity index (χ4v) is 3.33. The Balaban J connectivity index is 0.00000132. The van der Waals surface area contributed by atoms with Gasteiger partial charge in [0.15, 0.2) is 17.5 Å². The number of hydrogen-bond acceptors (Lipinski definition) is 3. The van der Waals surface area contributed by atoms with E-state index in [4.69, 9.17) is 15.0 Å². The normalized spacial score (nSPS) is 11.5. The van der Waals surface area contributed by atoms with Crippen LogP contribution in [-0.2, 0) is 0 Å². The minimum Gasteiger partial charge on any atom is -0.208 e. The van der Waals surface area contributed by atoms with Gasteiger partial charge in [-0.05, 0) is 37.6 Å². The lowest BCUT2D eigenvalue weighted by atomic mass is 10.0. The van der Waals surface area contributed by atoms with Gasteiger partial charge < -0.3 is 0 Å². The van der Waals surface area contributed by atoms with Crippen molar-refractivity contribution in [3.8, 4) is 22.8 Å². The molecular weight excluding hydrogens is 378 g/mol. The first-order chi connectivity index (χ1) is 15.2. The molecule has 0 bridgehead atoms. The predicted octanol–water partition coefficient (Wildman–Crippen LogP) is 7.67. The monoisotopic (exact) mass is 407 g/mol. The van der Waals surface area contributed by atoms with Gasteiger partial charge in [-0.3, -0.25) is 0 Å². The number of benzene rings is 3. The Labute approximate surface area is 185 Å². The molecule has 3 nitrogen and oxygen atoms in total. The molecule has 0 spiro atoms. The van der Waals surface area contributed by atoms with Crippen molar-refractivity contribution in [2.24, 2.45) is 0 Å². The Bertz CT molecular complexity index is 1220. The largest absolute Gasteiger partial charge is 0.208 e. The third-order valence-corrected chi connectivity index (χ3v) is 4.84. The van der Waals surface area contributed by atoms with Crippen LogP contribution in [-0.4, -0.2) is 15.0 Å². The summed E-state index contributed by atoms with van der Waals surface area (Å²) in [6.07, 6.45) is 6.05. The van der Waals surface area contributed by atoms with Crippen LogP contribution >= 0.6 is 0 Å². The van der Waals surface area contributed by atoms with Crippen molar-refractivity contribution < 1.29 is 0 Å². The van der Waals surface area contributed by atoms with Gasteiger partial charge in [0.1, 0.15) is 0 Å². The highest BCUT2D eigenvalue weighted by Crippen LogP contribution is 2.26. The van der Waals surface area contributed by atoms with Crippen LogP contribution in [0.15, 0.2) is 85.0 Å². The second-order valence-electron chi connectivity index (χ2n) is 6.98. The van der Waals surface area contributed by atoms with Crippen molar-refractivity contribution >= 4 is 16.3 Å². The van der Waals surface area contributed by atoms with Gasteiger partial charge >= 0.3 is 0 Å². The van der Waals surface area contributed by atoms with Crippen LogP contribution in [0.25, 0.3) is 39.1 Å². The Morgan fingerprint density at radius 2 is 1.35 bits per heavy atom. The smallest absolute Gasteiger partial charge is 0.164 e. The summed E-state index contributed by atoms with van der Waals surface area (Å²) in [5.41, 5.74) is 4.19. The highest BCUT2D eigenvalue weighted by Gasteiger charge is 2.12. The van der Waals surface area contributed by atoms with Gasteiger partial charge in [-0.15, -0.1) is 0 Å². The van der Waals surface area contributed by atoms with Crippen LogP contribution in [0.1, 0.15) is 39.1 Å². The number of allylic oxidation sites excluding steroid dienone is 4. The number of rotatable bonds is 4. The number of aryl methyl sites for hydroxylation is 1. The van der Waals surface area contributed by atoms with E-state index >= 15 is 0 Å². The van der Waals surface area contributed by atoms with E-state index in [-0.39, 0.29) is 0 Å².